The van der Waals surface area contributed by atoms with Crippen LogP contribution in [0.25, 0.3) is 0 Å². The molecule has 0 radical (unpaired) electrons. The van der Waals surface area contributed by atoms with Gasteiger partial charge in [-0.2, -0.15) is 5.26 Å². The molecule has 1 aliphatic heterocycles. The van der Waals surface area contributed by atoms with Gasteiger partial charge >= 0.3 is 5.97 Å². The highest BCUT2D eigenvalue weighted by atomic mass is 35.5. The molecular formula is C27H28ClN3O3. The van der Waals surface area contributed by atoms with E-state index in [1.807, 2.05) is 30.3 Å². The summed E-state index contributed by atoms with van der Waals surface area (Å²) in [4.78, 5) is 30.9. The lowest BCUT2D eigenvalue weighted by atomic mass is 9.75. The first-order chi connectivity index (χ1) is 16.4. The molecule has 0 spiro atoms. The number of nitrogens with one attached hydrogen (secondary N) is 1. The van der Waals surface area contributed by atoms with Crippen molar-refractivity contribution in [2.45, 2.75) is 39.0 Å². The summed E-state index contributed by atoms with van der Waals surface area (Å²) < 4.78 is 5.36. The predicted molar refractivity (Wildman–Crippen MR) is 132 cm³/mol. The number of nitrogens with zero attached hydrogens (tertiary/aromatic N) is 2. The SMILES string of the molecule is CC1=NC(C)=C(C(=O)NCCCc2ccccc2)C(c2cccc(Cl)c2)C1C(=O)OCCC#N. The summed E-state index contributed by atoms with van der Waals surface area (Å²) >= 11 is 6.26. The van der Waals surface area contributed by atoms with Gasteiger partial charge in [0.05, 0.1) is 12.5 Å². The Kier molecular flexibility index (Phi) is 9.00. The molecule has 6 nitrogen and oxygen atoms in total. The van der Waals surface area contributed by atoms with Crippen LogP contribution in [0.1, 0.15) is 43.7 Å². The standard InChI is InChI=1S/C27H28ClN3O3/c1-18-23(26(32)30-15-7-11-20-9-4-3-5-10-20)25(21-12-6-13-22(28)17-21)24(19(2)31-18)27(33)34-16-8-14-29/h3-6,9-10,12-13,17,24-25H,7-8,11,15-16H2,1-2H3,(H,30,32). The second-order valence-electron chi connectivity index (χ2n) is 8.18. The van der Waals surface area contributed by atoms with E-state index in [0.29, 0.717) is 28.5 Å². The van der Waals surface area contributed by atoms with Crippen LogP contribution in [0.2, 0.25) is 5.02 Å². The van der Waals surface area contributed by atoms with Crippen molar-refractivity contribution in [2.75, 3.05) is 13.2 Å². The molecule has 0 aliphatic carbocycles. The Balaban J connectivity index is 1.84. The molecule has 3 rings (SSSR count). The number of carbonyl (C=O) groups is 2. The highest BCUT2D eigenvalue weighted by molar-refractivity contribution is 6.30. The van der Waals surface area contributed by atoms with Crippen LogP contribution in [0.15, 0.2) is 70.9 Å². The van der Waals surface area contributed by atoms with Crippen LogP contribution in [-0.4, -0.2) is 30.7 Å². The molecule has 1 aliphatic rings. The molecule has 0 bridgehead atoms. The van der Waals surface area contributed by atoms with Crippen molar-refractivity contribution in [3.63, 3.8) is 0 Å². The first-order valence-electron chi connectivity index (χ1n) is 11.3. The van der Waals surface area contributed by atoms with Crippen LogP contribution in [0, 0.1) is 17.2 Å². The predicted octanol–water partition coefficient (Wildman–Crippen LogP) is 4.99. The van der Waals surface area contributed by atoms with Gasteiger partial charge in [0.15, 0.2) is 0 Å². The third-order valence-electron chi connectivity index (χ3n) is 5.76. The summed E-state index contributed by atoms with van der Waals surface area (Å²) in [6.45, 7) is 4.01. The summed E-state index contributed by atoms with van der Waals surface area (Å²) in [6.07, 6.45) is 1.73. The lowest BCUT2D eigenvalue weighted by molar-refractivity contribution is -0.146. The highest BCUT2D eigenvalue weighted by Crippen LogP contribution is 2.40. The normalized spacial score (nSPS) is 17.5. The van der Waals surface area contributed by atoms with Crippen LogP contribution in [0.4, 0.5) is 0 Å². The Morgan fingerprint density at radius 3 is 2.62 bits per heavy atom. The van der Waals surface area contributed by atoms with Crippen molar-refractivity contribution in [3.05, 3.63) is 82.0 Å². The van der Waals surface area contributed by atoms with E-state index in [-0.39, 0.29) is 18.9 Å². The van der Waals surface area contributed by atoms with E-state index < -0.39 is 17.8 Å². The Bertz CT molecular complexity index is 1140. The number of benzene rings is 2. The quantitative estimate of drug-likeness (QED) is 0.406. The number of allylic oxidation sites excluding steroid dienone is 1. The smallest absolute Gasteiger partial charge is 0.315 e. The molecule has 0 saturated heterocycles. The maximum Gasteiger partial charge on any atom is 0.315 e. The molecule has 176 valence electrons. The fourth-order valence-electron chi connectivity index (χ4n) is 4.22. The fraction of sp³-hybridized carbons (Fsp3) is 0.333. The van der Waals surface area contributed by atoms with Crippen molar-refractivity contribution >= 4 is 29.2 Å². The van der Waals surface area contributed by atoms with Crippen molar-refractivity contribution in [2.24, 2.45) is 10.9 Å². The molecule has 7 heteroatoms. The summed E-state index contributed by atoms with van der Waals surface area (Å²) in [5, 5.41) is 12.3. The van der Waals surface area contributed by atoms with Gasteiger partial charge in [0, 0.05) is 34.5 Å². The van der Waals surface area contributed by atoms with E-state index in [2.05, 4.69) is 22.4 Å². The van der Waals surface area contributed by atoms with Gasteiger partial charge in [-0.1, -0.05) is 54.1 Å². The molecule has 1 N–H and O–H groups in total. The minimum atomic E-state index is -0.786. The first kappa shape index (κ1) is 25.2. The zero-order valence-corrected chi connectivity index (χ0v) is 20.1. The van der Waals surface area contributed by atoms with Gasteiger partial charge < -0.3 is 10.1 Å². The van der Waals surface area contributed by atoms with Gasteiger partial charge in [-0.25, -0.2) is 0 Å². The van der Waals surface area contributed by atoms with E-state index in [1.54, 1.807) is 32.0 Å². The fourth-order valence-corrected chi connectivity index (χ4v) is 4.42. The summed E-state index contributed by atoms with van der Waals surface area (Å²) in [6, 6.07) is 19.2. The molecule has 0 fully saturated rings. The molecule has 34 heavy (non-hydrogen) atoms. The van der Waals surface area contributed by atoms with Crippen LogP contribution in [0.3, 0.4) is 0 Å². The molecule has 2 unspecified atom stereocenters. The Hall–Kier alpha value is -3.43. The number of amides is 1. The minimum Gasteiger partial charge on any atom is -0.464 e. The third-order valence-corrected chi connectivity index (χ3v) is 6.00. The lowest BCUT2D eigenvalue weighted by Gasteiger charge is -2.32. The molecule has 0 aromatic heterocycles. The topological polar surface area (TPSA) is 91.6 Å². The lowest BCUT2D eigenvalue weighted by Crippen LogP contribution is -2.39. The molecular weight excluding hydrogens is 450 g/mol. The number of hydrogen-bond donors (Lipinski definition) is 1. The van der Waals surface area contributed by atoms with E-state index in [9.17, 15) is 9.59 Å². The zero-order chi connectivity index (χ0) is 24.5. The van der Waals surface area contributed by atoms with Crippen molar-refractivity contribution in [3.8, 4) is 6.07 Å². The van der Waals surface area contributed by atoms with Crippen LogP contribution in [0.5, 0.6) is 0 Å². The average Bonchev–Trinajstić information content (AvgIpc) is 2.82. The molecule has 2 aromatic rings. The number of ether oxygens (including phenoxy) is 1. The molecule has 1 amide bonds. The second-order valence-corrected chi connectivity index (χ2v) is 8.62. The molecule has 1 heterocycles. The van der Waals surface area contributed by atoms with Crippen LogP contribution < -0.4 is 5.32 Å². The number of aliphatic imine (C=N–C) groups is 1. The summed E-state index contributed by atoms with van der Waals surface area (Å²) in [7, 11) is 0. The monoisotopic (exact) mass is 477 g/mol. The molecule has 2 aromatic carbocycles. The van der Waals surface area contributed by atoms with Crippen LogP contribution >= 0.6 is 11.6 Å². The minimum absolute atomic E-state index is 0.00884. The average molecular weight is 478 g/mol. The number of nitriles is 1. The number of aryl methyl sites for hydroxylation is 1. The second kappa shape index (κ2) is 12.2. The Morgan fingerprint density at radius 1 is 1.15 bits per heavy atom. The van der Waals surface area contributed by atoms with Crippen molar-refractivity contribution in [1.29, 1.82) is 5.26 Å². The largest absolute Gasteiger partial charge is 0.464 e. The van der Waals surface area contributed by atoms with Crippen molar-refractivity contribution in [1.82, 2.24) is 5.32 Å². The number of esters is 1. The van der Waals surface area contributed by atoms with Crippen LogP contribution in [-0.2, 0) is 20.7 Å². The first-order valence-corrected chi connectivity index (χ1v) is 11.7. The number of rotatable bonds is 9. The van der Waals surface area contributed by atoms with Gasteiger partial charge in [0.2, 0.25) is 5.91 Å². The highest BCUT2D eigenvalue weighted by Gasteiger charge is 2.41. The van der Waals surface area contributed by atoms with Crippen molar-refractivity contribution < 1.29 is 14.3 Å². The Morgan fingerprint density at radius 2 is 1.91 bits per heavy atom. The number of halogens is 1. The zero-order valence-electron chi connectivity index (χ0n) is 19.4. The maximum atomic E-state index is 13.4. The molecule has 2 atom stereocenters. The number of hydrogen-bond acceptors (Lipinski definition) is 5. The third kappa shape index (κ3) is 6.33. The summed E-state index contributed by atoms with van der Waals surface area (Å²) in [5.74, 6) is -2.16. The van der Waals surface area contributed by atoms with Gasteiger partial charge in [-0.05, 0) is 49.9 Å². The van der Waals surface area contributed by atoms with Gasteiger partial charge in [-0.15, -0.1) is 0 Å². The van der Waals surface area contributed by atoms with Gasteiger partial charge in [0.1, 0.15) is 12.5 Å². The van der Waals surface area contributed by atoms with E-state index >= 15 is 0 Å². The van der Waals surface area contributed by atoms with E-state index in [4.69, 9.17) is 21.6 Å². The molecule has 0 saturated carbocycles. The summed E-state index contributed by atoms with van der Waals surface area (Å²) in [5.41, 5.74) is 3.49. The van der Waals surface area contributed by atoms with E-state index in [1.165, 1.54) is 5.56 Å². The van der Waals surface area contributed by atoms with E-state index in [0.717, 1.165) is 18.4 Å². The maximum absolute atomic E-state index is 13.4. The number of carbonyl (C=O) groups excluding carboxylic acids is 2. The van der Waals surface area contributed by atoms with Gasteiger partial charge in [0.25, 0.3) is 0 Å². The van der Waals surface area contributed by atoms with Gasteiger partial charge in [-0.3, -0.25) is 14.6 Å². The Labute approximate surface area is 205 Å².